The van der Waals surface area contributed by atoms with Crippen LogP contribution in [0.25, 0.3) is 0 Å². The van der Waals surface area contributed by atoms with Crippen LogP contribution in [-0.4, -0.2) is 81.8 Å². The second-order valence-electron chi connectivity index (χ2n) is 8.82. The summed E-state index contributed by atoms with van der Waals surface area (Å²) < 4.78 is 21.7. The highest BCUT2D eigenvalue weighted by atomic mass is 16.5. The summed E-state index contributed by atoms with van der Waals surface area (Å²) in [4.78, 5) is 35.4. The van der Waals surface area contributed by atoms with Gasteiger partial charge in [-0.05, 0) is 30.2 Å². The zero-order valence-electron chi connectivity index (χ0n) is 21.7. The van der Waals surface area contributed by atoms with E-state index >= 15 is 0 Å². The molecule has 10 heteroatoms. The van der Waals surface area contributed by atoms with Crippen LogP contribution in [0.15, 0.2) is 47.5 Å². The van der Waals surface area contributed by atoms with Crippen LogP contribution in [-0.2, 0) is 20.9 Å². The van der Waals surface area contributed by atoms with Crippen LogP contribution >= 0.6 is 0 Å². The Morgan fingerprint density at radius 1 is 1.00 bits per heavy atom. The van der Waals surface area contributed by atoms with Crippen molar-refractivity contribution in [2.45, 2.75) is 19.5 Å². The van der Waals surface area contributed by atoms with Crippen LogP contribution in [0.4, 0.5) is 0 Å². The Balaban J connectivity index is 1.61. The predicted octanol–water partition coefficient (Wildman–Crippen LogP) is 2.24. The Morgan fingerprint density at radius 3 is 2.22 bits per heavy atom. The lowest BCUT2D eigenvalue weighted by Gasteiger charge is -2.39. The molecule has 2 atom stereocenters. The van der Waals surface area contributed by atoms with Gasteiger partial charge in [0.15, 0.2) is 17.4 Å². The molecular weight excluding hydrogens is 476 g/mol. The number of rotatable bonds is 8. The maximum atomic E-state index is 13.3. The van der Waals surface area contributed by atoms with E-state index < -0.39 is 23.8 Å². The molecule has 1 fully saturated rings. The number of guanidine groups is 1. The topological polar surface area (TPSA) is 102 Å². The fraction of sp³-hybridized carbons (Fsp3) is 0.444. The minimum atomic E-state index is -1.15. The summed E-state index contributed by atoms with van der Waals surface area (Å²) in [5.41, 5.74) is 1.85. The summed E-state index contributed by atoms with van der Waals surface area (Å²) in [7, 11) is 4.55. The molecular formula is C27H34N4O6. The largest absolute Gasteiger partial charge is 0.493 e. The first-order valence-corrected chi connectivity index (χ1v) is 12.4. The number of aliphatic imine (C=N–C) groups is 1. The van der Waals surface area contributed by atoms with Gasteiger partial charge in [-0.1, -0.05) is 30.3 Å². The first-order valence-electron chi connectivity index (χ1n) is 12.4. The highest BCUT2D eigenvalue weighted by molar-refractivity contribution is 6.08. The molecule has 2 aromatic rings. The molecule has 2 aliphatic rings. The maximum absolute atomic E-state index is 13.3. The van der Waals surface area contributed by atoms with Gasteiger partial charge in [-0.15, -0.1) is 0 Å². The number of esters is 1. The van der Waals surface area contributed by atoms with Crippen LogP contribution in [0, 0.1) is 5.92 Å². The van der Waals surface area contributed by atoms with Gasteiger partial charge in [0, 0.05) is 32.7 Å². The zero-order chi connectivity index (χ0) is 26.4. The smallest absolute Gasteiger partial charge is 0.321 e. The van der Waals surface area contributed by atoms with E-state index in [0.29, 0.717) is 41.9 Å². The molecule has 2 aromatic carbocycles. The third kappa shape index (κ3) is 5.80. The number of methoxy groups -OCH3 is 3. The average molecular weight is 511 g/mol. The lowest BCUT2D eigenvalue weighted by atomic mass is 9.90. The van der Waals surface area contributed by atoms with Gasteiger partial charge in [0.25, 0.3) is 0 Å². The molecule has 2 aliphatic heterocycles. The third-order valence-electron chi connectivity index (χ3n) is 6.58. The summed E-state index contributed by atoms with van der Waals surface area (Å²) >= 11 is 0. The fourth-order valence-electron chi connectivity index (χ4n) is 4.70. The molecule has 198 valence electrons. The SMILES string of the molecule is CCOC(=O)[C@H]1C(=O)NC(N2CCN(Cc3ccccc3)CC2)=N[C@@H]1c1cc(OC)c(OC)c(OC)c1. The standard InChI is InChI=1S/C27H34N4O6/c1-5-37-26(33)22-23(19-15-20(34-2)24(36-4)21(16-19)35-3)28-27(29-25(22)32)31-13-11-30(12-14-31)17-18-9-7-6-8-10-18/h6-10,15-16,22-23H,5,11-14,17H2,1-4H3,(H,28,29,32)/t22-,23-/m1/s1. The predicted molar refractivity (Wildman–Crippen MR) is 138 cm³/mol. The van der Waals surface area contributed by atoms with Crippen LogP contribution in [0.1, 0.15) is 24.1 Å². The van der Waals surface area contributed by atoms with Gasteiger partial charge >= 0.3 is 5.97 Å². The molecule has 0 aliphatic carbocycles. The van der Waals surface area contributed by atoms with E-state index in [2.05, 4.69) is 22.3 Å². The van der Waals surface area contributed by atoms with Gasteiger partial charge in [0.05, 0.1) is 27.9 Å². The first-order chi connectivity index (χ1) is 18.0. The Morgan fingerprint density at radius 2 is 1.65 bits per heavy atom. The molecule has 1 saturated heterocycles. The Bertz CT molecular complexity index is 1110. The van der Waals surface area contributed by atoms with Gasteiger partial charge in [-0.2, -0.15) is 0 Å². The molecule has 1 N–H and O–H groups in total. The molecule has 0 spiro atoms. The van der Waals surface area contributed by atoms with Gasteiger partial charge in [0.2, 0.25) is 17.6 Å². The van der Waals surface area contributed by atoms with Gasteiger partial charge in [0.1, 0.15) is 6.04 Å². The van der Waals surface area contributed by atoms with E-state index in [9.17, 15) is 9.59 Å². The van der Waals surface area contributed by atoms with Crippen LogP contribution in [0.2, 0.25) is 0 Å². The monoisotopic (exact) mass is 510 g/mol. The van der Waals surface area contributed by atoms with E-state index in [-0.39, 0.29) is 6.61 Å². The van der Waals surface area contributed by atoms with Gasteiger partial charge in [-0.3, -0.25) is 19.8 Å². The number of amides is 1. The molecule has 0 saturated carbocycles. The number of carbonyl (C=O) groups excluding carboxylic acids is 2. The number of ether oxygens (including phenoxy) is 4. The van der Waals surface area contributed by atoms with Crippen molar-refractivity contribution in [1.29, 1.82) is 0 Å². The molecule has 0 aromatic heterocycles. The van der Waals surface area contributed by atoms with Gasteiger partial charge in [-0.25, -0.2) is 4.99 Å². The molecule has 0 bridgehead atoms. The second kappa shape index (κ2) is 12.0. The normalized spacial score (nSPS) is 20.1. The Kier molecular flexibility index (Phi) is 8.50. The average Bonchev–Trinajstić information content (AvgIpc) is 2.92. The minimum absolute atomic E-state index is 0.157. The zero-order valence-corrected chi connectivity index (χ0v) is 21.7. The third-order valence-corrected chi connectivity index (χ3v) is 6.58. The molecule has 4 rings (SSSR count). The highest BCUT2D eigenvalue weighted by Crippen LogP contribution is 2.42. The van der Waals surface area contributed by atoms with E-state index in [1.165, 1.54) is 26.9 Å². The first kappa shape index (κ1) is 26.3. The van der Waals surface area contributed by atoms with Gasteiger partial charge < -0.3 is 23.8 Å². The lowest BCUT2D eigenvalue weighted by molar-refractivity contribution is -0.153. The Labute approximate surface area is 217 Å². The molecule has 2 heterocycles. The van der Waals surface area contributed by atoms with Crippen LogP contribution in [0.3, 0.4) is 0 Å². The quantitative estimate of drug-likeness (QED) is 0.426. The van der Waals surface area contributed by atoms with Crippen molar-refractivity contribution in [3.63, 3.8) is 0 Å². The van der Waals surface area contributed by atoms with Crippen molar-refractivity contribution < 1.29 is 28.5 Å². The number of hydrogen-bond donors (Lipinski definition) is 1. The fourth-order valence-corrected chi connectivity index (χ4v) is 4.70. The number of piperazine rings is 1. The molecule has 0 radical (unpaired) electrons. The lowest BCUT2D eigenvalue weighted by Crippen LogP contribution is -2.57. The van der Waals surface area contributed by atoms with E-state index in [1.54, 1.807) is 19.1 Å². The van der Waals surface area contributed by atoms with E-state index in [1.807, 2.05) is 23.1 Å². The Hall–Kier alpha value is -3.79. The molecule has 0 unspecified atom stereocenters. The van der Waals surface area contributed by atoms with E-state index in [0.717, 1.165) is 19.6 Å². The molecule has 1 amide bonds. The van der Waals surface area contributed by atoms with Crippen molar-refractivity contribution in [3.05, 3.63) is 53.6 Å². The highest BCUT2D eigenvalue weighted by Gasteiger charge is 2.43. The number of carbonyl (C=O) groups is 2. The van der Waals surface area contributed by atoms with Crippen molar-refractivity contribution in [2.75, 3.05) is 54.1 Å². The van der Waals surface area contributed by atoms with Crippen molar-refractivity contribution >= 4 is 17.8 Å². The summed E-state index contributed by atoms with van der Waals surface area (Å²) in [6.07, 6.45) is 0. The number of nitrogens with one attached hydrogen (secondary N) is 1. The maximum Gasteiger partial charge on any atom is 0.321 e. The van der Waals surface area contributed by atoms with Crippen molar-refractivity contribution in [2.24, 2.45) is 10.9 Å². The number of hydrogen-bond acceptors (Lipinski definition) is 9. The summed E-state index contributed by atoms with van der Waals surface area (Å²) in [5.74, 6) is -0.536. The second-order valence-corrected chi connectivity index (χ2v) is 8.82. The summed E-state index contributed by atoms with van der Waals surface area (Å²) in [6, 6.07) is 13.0. The molecule has 37 heavy (non-hydrogen) atoms. The molecule has 10 nitrogen and oxygen atoms in total. The van der Waals surface area contributed by atoms with E-state index in [4.69, 9.17) is 23.9 Å². The van der Waals surface area contributed by atoms with Crippen LogP contribution < -0.4 is 19.5 Å². The van der Waals surface area contributed by atoms with Crippen molar-refractivity contribution in [3.8, 4) is 17.2 Å². The summed E-state index contributed by atoms with van der Waals surface area (Å²) in [6.45, 7) is 5.75. The minimum Gasteiger partial charge on any atom is -0.493 e. The number of benzene rings is 2. The summed E-state index contributed by atoms with van der Waals surface area (Å²) in [5, 5.41) is 2.85. The van der Waals surface area contributed by atoms with Crippen molar-refractivity contribution in [1.82, 2.24) is 15.1 Å². The van der Waals surface area contributed by atoms with Crippen LogP contribution in [0.5, 0.6) is 17.2 Å². The number of nitrogens with zero attached hydrogens (tertiary/aromatic N) is 3.